The van der Waals surface area contributed by atoms with Gasteiger partial charge in [0.05, 0.1) is 20.1 Å². The maximum atomic E-state index is 13.6. The Morgan fingerprint density at radius 3 is 2.18 bits per heavy atom. The van der Waals surface area contributed by atoms with Gasteiger partial charge in [0.2, 0.25) is 11.8 Å². The molecule has 0 bridgehead atoms. The number of esters is 1. The highest BCUT2D eigenvalue weighted by atomic mass is 16.5. The maximum absolute atomic E-state index is 13.6. The first-order chi connectivity index (χ1) is 15.5. The summed E-state index contributed by atoms with van der Waals surface area (Å²) in [4.78, 5) is 41.5. The third kappa shape index (κ3) is 4.58. The van der Waals surface area contributed by atoms with E-state index in [-0.39, 0.29) is 18.2 Å². The maximum Gasteiger partial charge on any atom is 0.333 e. The van der Waals surface area contributed by atoms with E-state index in [0.717, 1.165) is 5.56 Å². The molecule has 3 atom stereocenters. The molecule has 0 aromatic heterocycles. The lowest BCUT2D eigenvalue weighted by Gasteiger charge is -2.57. The van der Waals surface area contributed by atoms with Crippen LogP contribution in [-0.2, 0) is 25.5 Å². The highest BCUT2D eigenvalue weighted by Crippen LogP contribution is 2.47. The standard InChI is InChI=1S/C26H32N2O5/c1-17-23(30)28(26(17,24(31)33-6)16-18-10-8-7-9-11-18)21(22(29)27-25(2,3)4)19-12-14-20(32-5)15-13-19/h7-15,17,21H,16H2,1-6H3,(H,27,29)/t17-,21-,26+/m1/s1. The number of hydrogen-bond donors (Lipinski definition) is 1. The predicted molar refractivity (Wildman–Crippen MR) is 125 cm³/mol. The molecule has 0 radical (unpaired) electrons. The van der Waals surface area contributed by atoms with Crippen molar-refractivity contribution in [1.29, 1.82) is 0 Å². The molecule has 1 fully saturated rings. The molecule has 0 aliphatic carbocycles. The highest BCUT2D eigenvalue weighted by Gasteiger charge is 2.66. The lowest BCUT2D eigenvalue weighted by Crippen LogP contribution is -2.76. The fraction of sp³-hybridized carbons (Fsp3) is 0.423. The molecule has 1 heterocycles. The zero-order chi connectivity index (χ0) is 24.4. The molecule has 7 heteroatoms. The monoisotopic (exact) mass is 452 g/mol. The van der Waals surface area contributed by atoms with Gasteiger partial charge in [-0.2, -0.15) is 0 Å². The number of carbonyl (C=O) groups is 3. The summed E-state index contributed by atoms with van der Waals surface area (Å²) in [6.07, 6.45) is 0.239. The van der Waals surface area contributed by atoms with Crippen molar-refractivity contribution in [2.75, 3.05) is 14.2 Å². The van der Waals surface area contributed by atoms with Crippen molar-refractivity contribution in [3.05, 3.63) is 65.7 Å². The summed E-state index contributed by atoms with van der Waals surface area (Å²) in [6.45, 7) is 7.32. The first-order valence-electron chi connectivity index (χ1n) is 11.0. The SMILES string of the molecule is COC(=O)[C@]1(Cc2ccccc2)[C@H](C)C(=O)N1[C@@H](C(=O)NC(C)(C)C)c1ccc(OC)cc1. The molecule has 1 aliphatic rings. The van der Waals surface area contributed by atoms with Crippen LogP contribution in [0.1, 0.15) is 44.9 Å². The number of nitrogens with one attached hydrogen (secondary N) is 1. The third-order valence-electron chi connectivity index (χ3n) is 6.05. The predicted octanol–water partition coefficient (Wildman–Crippen LogP) is 3.28. The second kappa shape index (κ2) is 9.25. The van der Waals surface area contributed by atoms with Crippen molar-refractivity contribution in [3.8, 4) is 5.75 Å². The molecular formula is C26H32N2O5. The quantitative estimate of drug-likeness (QED) is 0.515. The number of amides is 2. The normalized spacial score (nSPS) is 21.1. The van der Waals surface area contributed by atoms with Crippen molar-refractivity contribution in [2.45, 2.75) is 51.2 Å². The number of rotatable bonds is 7. The van der Waals surface area contributed by atoms with Crippen LogP contribution in [0.15, 0.2) is 54.6 Å². The van der Waals surface area contributed by atoms with Gasteiger partial charge in [0.1, 0.15) is 11.8 Å². The molecule has 3 rings (SSSR count). The third-order valence-corrected chi connectivity index (χ3v) is 6.05. The van der Waals surface area contributed by atoms with E-state index in [2.05, 4.69) is 5.32 Å². The Morgan fingerprint density at radius 1 is 1.06 bits per heavy atom. The van der Waals surface area contributed by atoms with Gasteiger partial charge in [-0.05, 0) is 44.0 Å². The van der Waals surface area contributed by atoms with Gasteiger partial charge in [-0.1, -0.05) is 49.4 Å². The smallest absolute Gasteiger partial charge is 0.333 e. The number of benzene rings is 2. The Morgan fingerprint density at radius 2 is 1.67 bits per heavy atom. The molecule has 0 saturated carbocycles. The van der Waals surface area contributed by atoms with Crippen molar-refractivity contribution in [1.82, 2.24) is 10.2 Å². The van der Waals surface area contributed by atoms with Gasteiger partial charge in [0, 0.05) is 12.0 Å². The molecular weight excluding hydrogens is 420 g/mol. The van der Waals surface area contributed by atoms with Crippen LogP contribution in [0.4, 0.5) is 0 Å². The number of carbonyl (C=O) groups excluding carboxylic acids is 3. The number of nitrogens with zero attached hydrogens (tertiary/aromatic N) is 1. The Labute approximate surface area is 195 Å². The molecule has 2 aromatic rings. The van der Waals surface area contributed by atoms with Crippen molar-refractivity contribution >= 4 is 17.8 Å². The zero-order valence-electron chi connectivity index (χ0n) is 20.0. The van der Waals surface area contributed by atoms with Crippen LogP contribution in [0.25, 0.3) is 0 Å². The minimum atomic E-state index is -1.31. The van der Waals surface area contributed by atoms with Gasteiger partial charge in [-0.15, -0.1) is 0 Å². The number of methoxy groups -OCH3 is 2. The molecule has 7 nitrogen and oxygen atoms in total. The van der Waals surface area contributed by atoms with Crippen LogP contribution in [0.2, 0.25) is 0 Å². The van der Waals surface area contributed by atoms with Crippen LogP contribution >= 0.6 is 0 Å². The van der Waals surface area contributed by atoms with Crippen molar-refractivity contribution < 1.29 is 23.9 Å². The van der Waals surface area contributed by atoms with Crippen molar-refractivity contribution in [2.24, 2.45) is 5.92 Å². The van der Waals surface area contributed by atoms with Crippen LogP contribution < -0.4 is 10.1 Å². The first kappa shape index (κ1) is 24.3. The number of ether oxygens (including phenoxy) is 2. The van der Waals surface area contributed by atoms with E-state index in [1.165, 1.54) is 12.0 Å². The Balaban J connectivity index is 2.14. The van der Waals surface area contributed by atoms with Crippen molar-refractivity contribution in [3.63, 3.8) is 0 Å². The molecule has 1 saturated heterocycles. The minimum Gasteiger partial charge on any atom is -0.497 e. The van der Waals surface area contributed by atoms with Gasteiger partial charge < -0.3 is 19.7 Å². The van der Waals surface area contributed by atoms with E-state index >= 15 is 0 Å². The van der Waals surface area contributed by atoms with Gasteiger partial charge in [0.25, 0.3) is 0 Å². The molecule has 1 aliphatic heterocycles. The molecule has 2 amide bonds. The van der Waals surface area contributed by atoms with Crippen LogP contribution in [0.5, 0.6) is 5.75 Å². The summed E-state index contributed by atoms with van der Waals surface area (Å²) in [5.74, 6) is -1.20. The fourth-order valence-corrected chi connectivity index (χ4v) is 4.42. The Kier molecular flexibility index (Phi) is 6.81. The van der Waals surface area contributed by atoms with Gasteiger partial charge >= 0.3 is 5.97 Å². The number of likely N-dealkylation sites (tertiary alicyclic amines) is 1. The van der Waals surface area contributed by atoms with E-state index in [0.29, 0.717) is 11.3 Å². The number of hydrogen-bond acceptors (Lipinski definition) is 5. The molecule has 176 valence electrons. The first-order valence-corrected chi connectivity index (χ1v) is 11.0. The second-order valence-electron chi connectivity index (χ2n) is 9.42. The molecule has 0 spiro atoms. The van der Waals surface area contributed by atoms with E-state index in [1.807, 2.05) is 51.1 Å². The summed E-state index contributed by atoms with van der Waals surface area (Å²) < 4.78 is 10.4. The van der Waals surface area contributed by atoms with Crippen LogP contribution in [0.3, 0.4) is 0 Å². The summed E-state index contributed by atoms with van der Waals surface area (Å²) in [5, 5.41) is 2.97. The average Bonchev–Trinajstić information content (AvgIpc) is 2.79. The number of β-lactam (4-membered cyclic amide) rings is 1. The van der Waals surface area contributed by atoms with E-state index in [4.69, 9.17) is 9.47 Å². The lowest BCUT2D eigenvalue weighted by molar-refractivity contribution is -0.195. The van der Waals surface area contributed by atoms with E-state index in [9.17, 15) is 14.4 Å². The van der Waals surface area contributed by atoms with E-state index < -0.39 is 29.0 Å². The molecule has 1 N–H and O–H groups in total. The Hall–Kier alpha value is -3.35. The van der Waals surface area contributed by atoms with Gasteiger partial charge in [-0.3, -0.25) is 9.59 Å². The second-order valence-corrected chi connectivity index (χ2v) is 9.42. The zero-order valence-corrected chi connectivity index (χ0v) is 20.0. The van der Waals surface area contributed by atoms with Gasteiger partial charge in [0.15, 0.2) is 5.54 Å². The van der Waals surface area contributed by atoms with Gasteiger partial charge in [-0.25, -0.2) is 4.79 Å². The average molecular weight is 453 g/mol. The molecule has 2 aromatic carbocycles. The molecule has 33 heavy (non-hydrogen) atoms. The van der Waals surface area contributed by atoms with Crippen LogP contribution in [-0.4, -0.2) is 48.0 Å². The summed E-state index contributed by atoms with van der Waals surface area (Å²) in [6, 6.07) is 15.4. The largest absolute Gasteiger partial charge is 0.497 e. The lowest BCUT2D eigenvalue weighted by atomic mass is 9.68. The van der Waals surface area contributed by atoms with Crippen LogP contribution in [0, 0.1) is 5.92 Å². The highest BCUT2D eigenvalue weighted by molar-refractivity contribution is 6.04. The summed E-state index contributed by atoms with van der Waals surface area (Å²) in [5.41, 5.74) is -0.391. The fourth-order valence-electron chi connectivity index (χ4n) is 4.42. The van der Waals surface area contributed by atoms with E-state index in [1.54, 1.807) is 38.3 Å². The Bertz CT molecular complexity index is 1010. The minimum absolute atomic E-state index is 0.239. The summed E-state index contributed by atoms with van der Waals surface area (Å²) in [7, 11) is 2.86. The molecule has 0 unspecified atom stereocenters. The summed E-state index contributed by atoms with van der Waals surface area (Å²) >= 11 is 0. The topological polar surface area (TPSA) is 84.9 Å².